The third kappa shape index (κ3) is 4.41. The van der Waals surface area contributed by atoms with Gasteiger partial charge in [0, 0.05) is 10.7 Å². The van der Waals surface area contributed by atoms with E-state index in [2.05, 4.69) is 5.32 Å². The molecule has 0 aliphatic carbocycles. The van der Waals surface area contributed by atoms with Crippen molar-refractivity contribution in [1.82, 2.24) is 0 Å². The van der Waals surface area contributed by atoms with Crippen LogP contribution in [0.2, 0.25) is 5.02 Å². The van der Waals surface area contributed by atoms with Crippen LogP contribution in [0.5, 0.6) is 5.75 Å². The van der Waals surface area contributed by atoms with Crippen LogP contribution < -0.4 is 10.1 Å². The van der Waals surface area contributed by atoms with Crippen LogP contribution >= 0.6 is 11.6 Å². The summed E-state index contributed by atoms with van der Waals surface area (Å²) in [7, 11) is 0. The van der Waals surface area contributed by atoms with Crippen molar-refractivity contribution >= 4 is 23.2 Å². The van der Waals surface area contributed by atoms with Gasteiger partial charge in [-0.2, -0.15) is 5.26 Å². The first-order valence-corrected chi connectivity index (χ1v) is 8.31. The summed E-state index contributed by atoms with van der Waals surface area (Å²) in [4.78, 5) is 12.6. The summed E-state index contributed by atoms with van der Waals surface area (Å²) in [6, 6.07) is 23.2. The van der Waals surface area contributed by atoms with Crippen LogP contribution in [0.1, 0.15) is 21.5 Å². The lowest BCUT2D eigenvalue weighted by molar-refractivity contribution is 0.102. The zero-order chi connectivity index (χ0) is 18.4. The summed E-state index contributed by atoms with van der Waals surface area (Å²) in [6.45, 7) is 0.325. The SMILES string of the molecule is N#Cc1cccc(NC(=O)c2ccccc2OCc2ccc(Cl)cc2)c1. The van der Waals surface area contributed by atoms with Gasteiger partial charge >= 0.3 is 0 Å². The highest BCUT2D eigenvalue weighted by Gasteiger charge is 2.13. The molecule has 0 spiro atoms. The van der Waals surface area contributed by atoms with Crippen molar-refractivity contribution in [3.05, 3.63) is 94.5 Å². The fourth-order valence-corrected chi connectivity index (χ4v) is 2.51. The number of anilines is 1. The Kier molecular flexibility index (Phi) is 5.52. The number of nitrogens with zero attached hydrogens (tertiary/aromatic N) is 1. The second-order valence-electron chi connectivity index (χ2n) is 5.56. The first kappa shape index (κ1) is 17.5. The number of carbonyl (C=O) groups excluding carboxylic acids is 1. The van der Waals surface area contributed by atoms with E-state index >= 15 is 0 Å². The van der Waals surface area contributed by atoms with E-state index in [9.17, 15) is 4.79 Å². The van der Waals surface area contributed by atoms with E-state index in [1.54, 1.807) is 54.6 Å². The van der Waals surface area contributed by atoms with Crippen LogP contribution in [0.25, 0.3) is 0 Å². The van der Waals surface area contributed by atoms with Crippen LogP contribution in [-0.4, -0.2) is 5.91 Å². The molecule has 3 aromatic carbocycles. The third-order valence-corrected chi connectivity index (χ3v) is 3.94. The van der Waals surface area contributed by atoms with Gasteiger partial charge in [0.2, 0.25) is 0 Å². The quantitative estimate of drug-likeness (QED) is 0.691. The number of nitrogens with one attached hydrogen (secondary N) is 1. The molecule has 128 valence electrons. The minimum Gasteiger partial charge on any atom is -0.488 e. The Morgan fingerprint density at radius 3 is 2.58 bits per heavy atom. The van der Waals surface area contributed by atoms with Crippen molar-refractivity contribution in [1.29, 1.82) is 5.26 Å². The molecule has 0 heterocycles. The molecule has 0 fully saturated rings. The predicted molar refractivity (Wildman–Crippen MR) is 101 cm³/mol. The predicted octanol–water partition coefficient (Wildman–Crippen LogP) is 5.04. The van der Waals surface area contributed by atoms with E-state index < -0.39 is 0 Å². The number of benzene rings is 3. The molecule has 3 rings (SSSR count). The molecule has 0 bridgehead atoms. The number of hydrogen-bond donors (Lipinski definition) is 1. The number of amides is 1. The molecule has 0 unspecified atom stereocenters. The molecule has 1 N–H and O–H groups in total. The molecule has 4 nitrogen and oxygen atoms in total. The lowest BCUT2D eigenvalue weighted by Crippen LogP contribution is -2.13. The lowest BCUT2D eigenvalue weighted by atomic mass is 10.1. The van der Waals surface area contributed by atoms with E-state index in [1.807, 2.05) is 24.3 Å². The first-order valence-electron chi connectivity index (χ1n) is 7.93. The van der Waals surface area contributed by atoms with Crippen LogP contribution in [0.15, 0.2) is 72.8 Å². The Labute approximate surface area is 156 Å². The molecule has 1 amide bonds. The van der Waals surface area contributed by atoms with Crippen molar-refractivity contribution in [3.8, 4) is 11.8 Å². The third-order valence-electron chi connectivity index (χ3n) is 3.69. The van der Waals surface area contributed by atoms with Crippen LogP contribution in [-0.2, 0) is 6.61 Å². The van der Waals surface area contributed by atoms with Crippen molar-refractivity contribution in [2.45, 2.75) is 6.61 Å². The number of ether oxygens (including phenoxy) is 1. The monoisotopic (exact) mass is 362 g/mol. The fourth-order valence-electron chi connectivity index (χ4n) is 2.39. The maximum atomic E-state index is 12.6. The molecule has 3 aromatic rings. The summed E-state index contributed by atoms with van der Waals surface area (Å²) in [5.41, 5.74) is 2.41. The van der Waals surface area contributed by atoms with Crippen LogP contribution in [0.3, 0.4) is 0 Å². The fraction of sp³-hybridized carbons (Fsp3) is 0.0476. The van der Waals surface area contributed by atoms with Crippen LogP contribution in [0, 0.1) is 11.3 Å². The largest absolute Gasteiger partial charge is 0.488 e. The van der Waals surface area contributed by atoms with Gasteiger partial charge < -0.3 is 10.1 Å². The average Bonchev–Trinajstić information content (AvgIpc) is 2.68. The minimum absolute atomic E-state index is 0.299. The summed E-state index contributed by atoms with van der Waals surface area (Å²) in [5, 5.41) is 12.4. The standard InChI is InChI=1S/C21H15ClN2O2/c22-17-10-8-15(9-11-17)14-26-20-7-2-1-6-19(20)21(25)24-18-5-3-4-16(12-18)13-23/h1-12H,14H2,(H,24,25). The van der Waals surface area contributed by atoms with Crippen molar-refractivity contribution in [3.63, 3.8) is 0 Å². The zero-order valence-electron chi connectivity index (χ0n) is 13.8. The number of halogens is 1. The molecule has 0 radical (unpaired) electrons. The van der Waals surface area contributed by atoms with E-state index in [1.165, 1.54) is 0 Å². The van der Waals surface area contributed by atoms with Gasteiger partial charge in [0.05, 0.1) is 17.2 Å². The lowest BCUT2D eigenvalue weighted by Gasteiger charge is -2.12. The summed E-state index contributed by atoms with van der Waals surface area (Å²) in [5.74, 6) is 0.184. The maximum absolute atomic E-state index is 12.6. The van der Waals surface area contributed by atoms with Crippen molar-refractivity contribution in [2.75, 3.05) is 5.32 Å². The highest BCUT2D eigenvalue weighted by molar-refractivity contribution is 6.30. The Balaban J connectivity index is 1.74. The van der Waals surface area contributed by atoms with Gasteiger partial charge in [-0.3, -0.25) is 4.79 Å². The van der Waals surface area contributed by atoms with Gasteiger partial charge in [-0.05, 0) is 48.0 Å². The van der Waals surface area contributed by atoms with Gasteiger partial charge in [-0.25, -0.2) is 0 Å². The number of carbonyl (C=O) groups is 1. The molecular weight excluding hydrogens is 348 g/mol. The van der Waals surface area contributed by atoms with Gasteiger partial charge in [0.25, 0.3) is 5.91 Å². The van der Waals surface area contributed by atoms with Gasteiger partial charge in [0.1, 0.15) is 12.4 Å². The normalized spacial score (nSPS) is 10.0. The van der Waals surface area contributed by atoms with Gasteiger partial charge in [-0.15, -0.1) is 0 Å². The van der Waals surface area contributed by atoms with Crippen molar-refractivity contribution < 1.29 is 9.53 Å². The Morgan fingerprint density at radius 1 is 1.04 bits per heavy atom. The first-order chi connectivity index (χ1) is 12.7. The van der Waals surface area contributed by atoms with E-state index in [-0.39, 0.29) is 5.91 Å². The highest BCUT2D eigenvalue weighted by atomic mass is 35.5. The molecule has 0 aliphatic rings. The summed E-state index contributed by atoms with van der Waals surface area (Å²) < 4.78 is 5.81. The molecule has 0 saturated heterocycles. The average molecular weight is 363 g/mol. The van der Waals surface area contributed by atoms with E-state index in [4.69, 9.17) is 21.6 Å². The van der Waals surface area contributed by atoms with Gasteiger partial charge in [-0.1, -0.05) is 41.9 Å². The Morgan fingerprint density at radius 2 is 1.81 bits per heavy atom. The molecular formula is C21H15ClN2O2. The summed E-state index contributed by atoms with van der Waals surface area (Å²) in [6.07, 6.45) is 0. The molecule has 5 heteroatoms. The molecule has 0 atom stereocenters. The van der Waals surface area contributed by atoms with Gasteiger partial charge in [0.15, 0.2) is 0 Å². The molecule has 26 heavy (non-hydrogen) atoms. The Bertz CT molecular complexity index is 962. The maximum Gasteiger partial charge on any atom is 0.259 e. The number of nitriles is 1. The summed E-state index contributed by atoms with van der Waals surface area (Å²) >= 11 is 5.88. The van der Waals surface area contributed by atoms with E-state index in [0.717, 1.165) is 5.56 Å². The molecule has 0 saturated carbocycles. The number of para-hydroxylation sites is 1. The van der Waals surface area contributed by atoms with Crippen molar-refractivity contribution in [2.24, 2.45) is 0 Å². The zero-order valence-corrected chi connectivity index (χ0v) is 14.5. The van der Waals surface area contributed by atoms with E-state index in [0.29, 0.717) is 34.2 Å². The smallest absolute Gasteiger partial charge is 0.259 e. The topological polar surface area (TPSA) is 62.1 Å². The molecule has 0 aromatic heterocycles. The number of rotatable bonds is 5. The van der Waals surface area contributed by atoms with Crippen LogP contribution in [0.4, 0.5) is 5.69 Å². The Hall–Kier alpha value is -3.29. The second-order valence-corrected chi connectivity index (χ2v) is 5.99. The minimum atomic E-state index is -0.299. The second kappa shape index (κ2) is 8.19. The highest BCUT2D eigenvalue weighted by Crippen LogP contribution is 2.22. The number of hydrogen-bond acceptors (Lipinski definition) is 3. The molecule has 0 aliphatic heterocycles.